The normalized spacial score (nSPS) is 18.2. The van der Waals surface area contributed by atoms with Crippen molar-refractivity contribution >= 4 is 23.9 Å². The zero-order valence-electron chi connectivity index (χ0n) is 24.8. The van der Waals surface area contributed by atoms with Crippen LogP contribution in [-0.2, 0) is 43.4 Å². The van der Waals surface area contributed by atoms with Gasteiger partial charge in [-0.2, -0.15) is 0 Å². The number of likely N-dealkylation sites (N-methyl/N-ethyl adjacent to an activating group) is 1. The first kappa shape index (κ1) is 33.4. The maximum atomic E-state index is 13.4. The Kier molecular flexibility index (Phi) is 11.2. The van der Waals surface area contributed by atoms with Gasteiger partial charge in [-0.1, -0.05) is 0 Å². The van der Waals surface area contributed by atoms with Gasteiger partial charge < -0.3 is 24.2 Å². The van der Waals surface area contributed by atoms with E-state index in [4.69, 9.17) is 14.2 Å². The van der Waals surface area contributed by atoms with Crippen LogP contribution in [0.25, 0.3) is 0 Å². The molecule has 0 spiro atoms. The number of methoxy groups -OCH3 is 2. The number of hydrogen-bond acceptors (Lipinski definition) is 11. The zero-order valence-corrected chi connectivity index (χ0v) is 24.8. The molecule has 2 saturated heterocycles. The van der Waals surface area contributed by atoms with Gasteiger partial charge >= 0.3 is 29.1 Å². The van der Waals surface area contributed by atoms with Gasteiger partial charge in [0.25, 0.3) is 0 Å². The number of imide groups is 1. The summed E-state index contributed by atoms with van der Waals surface area (Å²) in [6.07, 6.45) is -1.80. The Morgan fingerprint density at radius 1 is 0.721 bits per heavy atom. The molecule has 1 N–H and O–H groups in total. The molecule has 240 valence electrons. The van der Waals surface area contributed by atoms with Crippen LogP contribution in [0.15, 0.2) is 14.4 Å². The van der Waals surface area contributed by atoms with Crippen LogP contribution in [0.5, 0.6) is 0 Å². The molecule has 1 aromatic heterocycles. The minimum Gasteiger partial charge on any atom is -0.395 e. The van der Waals surface area contributed by atoms with E-state index in [2.05, 4.69) is 0 Å². The highest BCUT2D eigenvalue weighted by Crippen LogP contribution is 2.35. The molecule has 0 saturated carbocycles. The molecule has 43 heavy (non-hydrogen) atoms. The van der Waals surface area contributed by atoms with Gasteiger partial charge in [0.05, 0.1) is 39.5 Å². The minimum absolute atomic E-state index is 0.0286. The topological polar surface area (TPSA) is 198 Å². The van der Waals surface area contributed by atoms with Crippen molar-refractivity contribution in [3.8, 4) is 0 Å². The molecule has 19 nitrogen and oxygen atoms in total. The van der Waals surface area contributed by atoms with Crippen LogP contribution >= 0.6 is 0 Å². The maximum Gasteiger partial charge on any atom is 0.336 e. The monoisotopic (exact) mass is 614 g/mol. The van der Waals surface area contributed by atoms with Crippen LogP contribution < -0.4 is 17.1 Å². The summed E-state index contributed by atoms with van der Waals surface area (Å²) in [5.41, 5.74) is -2.70. The summed E-state index contributed by atoms with van der Waals surface area (Å²) in [5, 5.41) is 9.31. The second kappa shape index (κ2) is 14.4. The summed E-state index contributed by atoms with van der Waals surface area (Å²) in [7, 11) is 2.75. The molecule has 3 rings (SSSR count). The summed E-state index contributed by atoms with van der Waals surface area (Å²) >= 11 is 0. The van der Waals surface area contributed by atoms with E-state index in [-0.39, 0.29) is 59.5 Å². The lowest BCUT2D eigenvalue weighted by Crippen LogP contribution is -2.55. The van der Waals surface area contributed by atoms with E-state index in [1.54, 1.807) is 6.92 Å². The average Bonchev–Trinajstić information content (AvgIpc) is 3.37. The van der Waals surface area contributed by atoms with Crippen molar-refractivity contribution in [3.05, 3.63) is 31.5 Å². The molecule has 0 aliphatic carbocycles. The fraction of sp³-hybridized carbons (Fsp3) is 0.708. The lowest BCUT2D eigenvalue weighted by atomic mass is 10.3. The number of carbonyl (C=O) groups is 4. The molecule has 2 fully saturated rings. The first-order valence-electron chi connectivity index (χ1n) is 13.5. The van der Waals surface area contributed by atoms with E-state index in [0.717, 1.165) is 18.6 Å². The predicted molar refractivity (Wildman–Crippen MR) is 145 cm³/mol. The lowest BCUT2D eigenvalue weighted by molar-refractivity contribution is -0.144. The highest BCUT2D eigenvalue weighted by atomic mass is 16.5. The fourth-order valence-electron chi connectivity index (χ4n) is 5.06. The van der Waals surface area contributed by atoms with Crippen LogP contribution in [0.1, 0.15) is 20.8 Å². The summed E-state index contributed by atoms with van der Waals surface area (Å²) in [6, 6.07) is -1.07. The van der Waals surface area contributed by atoms with E-state index in [1.807, 2.05) is 0 Å². The Morgan fingerprint density at radius 3 is 1.70 bits per heavy atom. The third kappa shape index (κ3) is 6.48. The van der Waals surface area contributed by atoms with Crippen molar-refractivity contribution in [1.82, 2.24) is 38.2 Å². The largest absolute Gasteiger partial charge is 0.395 e. The molecular formula is C24H38N8O11. The van der Waals surface area contributed by atoms with Gasteiger partial charge in [0, 0.05) is 34.6 Å². The molecule has 0 radical (unpaired) electrons. The number of ether oxygens (including phenoxy) is 3. The Balaban J connectivity index is 1.84. The van der Waals surface area contributed by atoms with Gasteiger partial charge in [0.1, 0.15) is 20.1 Å². The molecule has 0 aromatic carbocycles. The highest BCUT2D eigenvalue weighted by Gasteiger charge is 2.59. The number of carbonyl (C=O) groups excluding carboxylic acids is 4. The van der Waals surface area contributed by atoms with Gasteiger partial charge in [-0.3, -0.25) is 29.2 Å². The van der Waals surface area contributed by atoms with Crippen LogP contribution in [0, 0.1) is 0 Å². The SMILES string of the molecule is CCN1C(=O)N(COCCn2c(=O)n(CCO)c(=O)n(CCOC)c2=O)C2C1N(CN(C(C)=O)C(C)=O)C(=O)N2COC. The number of aliphatic hydroxyl groups is 1. The molecule has 6 amide bonds. The van der Waals surface area contributed by atoms with Gasteiger partial charge in [-0.25, -0.2) is 37.7 Å². The average molecular weight is 615 g/mol. The zero-order chi connectivity index (χ0) is 32.0. The van der Waals surface area contributed by atoms with Crippen molar-refractivity contribution < 1.29 is 38.5 Å². The van der Waals surface area contributed by atoms with Crippen LogP contribution in [0.2, 0.25) is 0 Å². The van der Waals surface area contributed by atoms with Gasteiger partial charge in [-0.05, 0) is 6.92 Å². The Hall–Kier alpha value is -4.07. The first-order chi connectivity index (χ1) is 20.5. The predicted octanol–water partition coefficient (Wildman–Crippen LogP) is -3.11. The van der Waals surface area contributed by atoms with E-state index in [0.29, 0.717) is 0 Å². The number of aliphatic hydroxyl groups excluding tert-OH is 1. The van der Waals surface area contributed by atoms with Gasteiger partial charge in [0.15, 0.2) is 12.3 Å². The van der Waals surface area contributed by atoms with Crippen molar-refractivity contribution in [2.45, 2.75) is 52.7 Å². The van der Waals surface area contributed by atoms with Gasteiger partial charge in [-0.15, -0.1) is 0 Å². The maximum absolute atomic E-state index is 13.4. The van der Waals surface area contributed by atoms with E-state index < -0.39 is 59.9 Å². The number of rotatable bonds is 15. The molecule has 1 aromatic rings. The molecule has 2 aliphatic rings. The molecule has 19 heteroatoms. The van der Waals surface area contributed by atoms with Crippen LogP contribution in [0.4, 0.5) is 9.59 Å². The molecule has 2 atom stereocenters. The third-order valence-corrected chi connectivity index (χ3v) is 7.11. The standard InChI is InChI=1S/C24H38N8O11/c1-6-25-18-19(31(14-42-5)24(40)30(18)13-29(16(2)34)17(3)35)32(20(25)36)15-43-12-9-28-22(38)26(7-10-33)21(37)27(23(28)39)8-11-41-4/h18-19,33H,6-15H2,1-5H3. The quantitative estimate of drug-likeness (QED) is 0.196. The highest BCUT2D eigenvalue weighted by molar-refractivity contribution is 5.93. The minimum atomic E-state index is -0.931. The first-order valence-corrected chi connectivity index (χ1v) is 13.5. The Labute approximate surface area is 245 Å². The van der Waals surface area contributed by atoms with E-state index >= 15 is 0 Å². The number of hydrogen-bond donors (Lipinski definition) is 1. The second-order valence-electron chi connectivity index (χ2n) is 9.67. The van der Waals surface area contributed by atoms with E-state index in [1.165, 1.54) is 47.7 Å². The molecule has 3 heterocycles. The number of amides is 6. The van der Waals surface area contributed by atoms with E-state index in [9.17, 15) is 38.7 Å². The molecule has 2 unspecified atom stereocenters. The third-order valence-electron chi connectivity index (χ3n) is 7.11. The van der Waals surface area contributed by atoms with Crippen LogP contribution in [0.3, 0.4) is 0 Å². The van der Waals surface area contributed by atoms with Crippen molar-refractivity contribution in [2.24, 2.45) is 0 Å². The number of fused-ring (bicyclic) bond motifs is 1. The Bertz CT molecular complexity index is 1370. The van der Waals surface area contributed by atoms with Crippen LogP contribution in [-0.4, -0.2) is 140 Å². The number of nitrogens with zero attached hydrogens (tertiary/aromatic N) is 8. The summed E-state index contributed by atoms with van der Waals surface area (Å²) in [5.74, 6) is -1.15. The summed E-state index contributed by atoms with van der Waals surface area (Å²) in [4.78, 5) is 95.4. The molecule has 2 aliphatic heterocycles. The van der Waals surface area contributed by atoms with Crippen molar-refractivity contribution in [3.63, 3.8) is 0 Å². The number of aromatic nitrogens is 3. The fourth-order valence-corrected chi connectivity index (χ4v) is 5.06. The second-order valence-corrected chi connectivity index (χ2v) is 9.67. The van der Waals surface area contributed by atoms with Crippen molar-refractivity contribution in [2.75, 3.05) is 60.7 Å². The summed E-state index contributed by atoms with van der Waals surface area (Å²) < 4.78 is 18.2. The van der Waals surface area contributed by atoms with Gasteiger partial charge in [0.2, 0.25) is 11.8 Å². The smallest absolute Gasteiger partial charge is 0.336 e. The lowest BCUT2D eigenvalue weighted by Gasteiger charge is -2.31. The summed E-state index contributed by atoms with van der Waals surface area (Å²) in [6.45, 7) is 1.87. The van der Waals surface area contributed by atoms with Crippen molar-refractivity contribution in [1.29, 1.82) is 0 Å². The molecule has 0 bridgehead atoms. The Morgan fingerprint density at radius 2 is 1.21 bits per heavy atom. The number of urea groups is 2. The molecular weight excluding hydrogens is 576 g/mol.